The highest BCUT2D eigenvalue weighted by Crippen LogP contribution is 2.39. The predicted molar refractivity (Wildman–Crippen MR) is 139 cm³/mol. The van der Waals surface area contributed by atoms with Crippen molar-refractivity contribution in [1.82, 2.24) is 15.8 Å². The number of nitrogens with zero attached hydrogens (tertiary/aromatic N) is 1. The number of nitrogens with one attached hydrogen (secondary N) is 2. The van der Waals surface area contributed by atoms with Crippen LogP contribution in [0.2, 0.25) is 0 Å². The molecule has 0 radical (unpaired) electrons. The quantitative estimate of drug-likeness (QED) is 0.196. The first-order valence-electron chi connectivity index (χ1n) is 12.6. The van der Waals surface area contributed by atoms with E-state index in [-0.39, 0.29) is 29.8 Å². The van der Waals surface area contributed by atoms with Gasteiger partial charge in [0.2, 0.25) is 5.91 Å². The van der Waals surface area contributed by atoms with Crippen molar-refractivity contribution >= 4 is 11.8 Å². The highest BCUT2D eigenvalue weighted by Gasteiger charge is 2.33. The van der Waals surface area contributed by atoms with Crippen LogP contribution in [-0.2, 0) is 10.2 Å². The summed E-state index contributed by atoms with van der Waals surface area (Å²) in [6.45, 7) is 12.6. The second kappa shape index (κ2) is 12.8. The van der Waals surface area contributed by atoms with Gasteiger partial charge in [-0.05, 0) is 61.4 Å². The fraction of sp³-hybridized carbons (Fsp3) is 0.536. The standard InChI is InChI=1S/C28H41N3O5/c1-7-28(8-2,23-16-15-22(19(3)30-23)36-18-24(32)27(4,5)6)21-13-11-20(12-14-21)26(34)29-17-9-10-25(33)31-35/h11-16,24,32,35H,7-10,17-18H2,1-6H3,(H,29,34)(H,31,33). The molecule has 2 amide bonds. The Morgan fingerprint density at radius 2 is 1.69 bits per heavy atom. The number of rotatable bonds is 12. The predicted octanol–water partition coefficient (Wildman–Crippen LogP) is 4.30. The topological polar surface area (TPSA) is 121 Å². The van der Waals surface area contributed by atoms with Crippen LogP contribution in [0.5, 0.6) is 5.75 Å². The molecule has 1 atom stereocenters. The summed E-state index contributed by atoms with van der Waals surface area (Å²) >= 11 is 0. The average Bonchev–Trinajstić information content (AvgIpc) is 2.86. The summed E-state index contributed by atoms with van der Waals surface area (Å²) in [5.74, 6) is -0.0286. The lowest BCUT2D eigenvalue weighted by Crippen LogP contribution is -2.32. The largest absolute Gasteiger partial charge is 0.489 e. The van der Waals surface area contributed by atoms with E-state index in [1.54, 1.807) is 5.48 Å². The lowest BCUT2D eigenvalue weighted by molar-refractivity contribution is -0.129. The molecular formula is C28H41N3O5. The molecule has 36 heavy (non-hydrogen) atoms. The van der Waals surface area contributed by atoms with Gasteiger partial charge in [0, 0.05) is 23.9 Å². The number of hydrogen-bond donors (Lipinski definition) is 4. The molecule has 0 aliphatic carbocycles. The first-order valence-corrected chi connectivity index (χ1v) is 12.6. The van der Waals surface area contributed by atoms with Gasteiger partial charge in [-0.1, -0.05) is 46.8 Å². The van der Waals surface area contributed by atoms with Crippen LogP contribution in [-0.4, -0.2) is 46.4 Å². The van der Waals surface area contributed by atoms with Crippen LogP contribution >= 0.6 is 0 Å². The number of hydrogen-bond acceptors (Lipinski definition) is 6. The van der Waals surface area contributed by atoms with Gasteiger partial charge in [0.15, 0.2) is 0 Å². The van der Waals surface area contributed by atoms with Crippen molar-refractivity contribution in [3.8, 4) is 5.75 Å². The molecule has 8 nitrogen and oxygen atoms in total. The van der Waals surface area contributed by atoms with Gasteiger partial charge in [0.05, 0.1) is 17.5 Å². The molecule has 1 aromatic carbocycles. The molecular weight excluding hydrogens is 458 g/mol. The third kappa shape index (κ3) is 7.27. The second-order valence-corrected chi connectivity index (χ2v) is 10.2. The average molecular weight is 500 g/mol. The van der Waals surface area contributed by atoms with Gasteiger partial charge in [-0.25, -0.2) is 5.48 Å². The van der Waals surface area contributed by atoms with Gasteiger partial charge >= 0.3 is 0 Å². The van der Waals surface area contributed by atoms with Crippen molar-refractivity contribution in [2.45, 2.75) is 78.7 Å². The molecule has 0 fully saturated rings. The number of pyridine rings is 1. The number of amides is 2. The lowest BCUT2D eigenvalue weighted by Gasteiger charge is -2.33. The Balaban J connectivity index is 2.17. The lowest BCUT2D eigenvalue weighted by atomic mass is 9.72. The Hall–Kier alpha value is -2.97. The number of aromatic nitrogens is 1. The Kier molecular flexibility index (Phi) is 10.4. The van der Waals surface area contributed by atoms with Gasteiger partial charge in [-0.2, -0.15) is 0 Å². The zero-order chi connectivity index (χ0) is 26.9. The number of carbonyl (C=O) groups is 2. The molecule has 0 saturated carbocycles. The summed E-state index contributed by atoms with van der Waals surface area (Å²) in [7, 11) is 0. The maximum absolute atomic E-state index is 12.5. The number of hydroxylamine groups is 1. The smallest absolute Gasteiger partial charge is 0.251 e. The van der Waals surface area contributed by atoms with E-state index in [9.17, 15) is 14.7 Å². The monoisotopic (exact) mass is 499 g/mol. The molecule has 0 spiro atoms. The minimum absolute atomic E-state index is 0.138. The maximum Gasteiger partial charge on any atom is 0.251 e. The molecule has 1 unspecified atom stereocenters. The Labute approximate surface area is 214 Å². The van der Waals surface area contributed by atoms with Crippen LogP contribution in [0.25, 0.3) is 0 Å². The summed E-state index contributed by atoms with van der Waals surface area (Å²) in [5, 5.41) is 21.6. The molecule has 0 saturated heterocycles. The van der Waals surface area contributed by atoms with Crippen molar-refractivity contribution < 1.29 is 24.6 Å². The van der Waals surface area contributed by atoms with Gasteiger partial charge in [-0.15, -0.1) is 0 Å². The zero-order valence-corrected chi connectivity index (χ0v) is 22.4. The first kappa shape index (κ1) is 29.3. The van der Waals surface area contributed by atoms with E-state index in [0.717, 1.165) is 29.8 Å². The number of ether oxygens (including phenoxy) is 1. The SMILES string of the molecule is CCC(CC)(c1ccc(C(=O)NCCCC(=O)NO)cc1)c1ccc(OCC(O)C(C)(C)C)c(C)n1. The van der Waals surface area contributed by atoms with Gasteiger partial charge in [-0.3, -0.25) is 19.8 Å². The molecule has 4 N–H and O–H groups in total. The van der Waals surface area contributed by atoms with Crippen LogP contribution in [0.1, 0.15) is 87.6 Å². The first-order chi connectivity index (χ1) is 17.0. The van der Waals surface area contributed by atoms with Crippen LogP contribution in [0.3, 0.4) is 0 Å². The number of aryl methyl sites for hydroxylation is 1. The molecule has 0 aliphatic rings. The van der Waals surface area contributed by atoms with E-state index >= 15 is 0 Å². The number of aliphatic hydroxyl groups excluding tert-OH is 1. The van der Waals surface area contributed by atoms with Crippen LogP contribution in [0.4, 0.5) is 0 Å². The second-order valence-electron chi connectivity index (χ2n) is 10.2. The molecule has 1 heterocycles. The molecule has 198 valence electrons. The maximum atomic E-state index is 12.5. The Morgan fingerprint density at radius 1 is 1.06 bits per heavy atom. The Morgan fingerprint density at radius 3 is 2.22 bits per heavy atom. The van der Waals surface area contributed by atoms with Gasteiger partial charge in [0.25, 0.3) is 5.91 Å². The van der Waals surface area contributed by atoms with Gasteiger partial charge in [0.1, 0.15) is 12.4 Å². The van der Waals surface area contributed by atoms with Crippen molar-refractivity contribution in [2.75, 3.05) is 13.2 Å². The summed E-state index contributed by atoms with van der Waals surface area (Å²) in [6, 6.07) is 11.5. The van der Waals surface area contributed by atoms with Crippen molar-refractivity contribution in [3.63, 3.8) is 0 Å². The third-order valence-corrected chi connectivity index (χ3v) is 6.82. The minimum atomic E-state index is -0.585. The Bertz CT molecular complexity index is 1010. The van der Waals surface area contributed by atoms with Crippen LogP contribution < -0.4 is 15.5 Å². The number of aliphatic hydroxyl groups is 1. The number of benzene rings is 1. The van der Waals surface area contributed by atoms with Crippen molar-refractivity contribution in [3.05, 3.63) is 58.9 Å². The molecule has 2 rings (SSSR count). The number of carbonyl (C=O) groups excluding carboxylic acids is 2. The van der Waals surface area contributed by atoms with Gasteiger partial charge < -0.3 is 15.2 Å². The highest BCUT2D eigenvalue weighted by molar-refractivity contribution is 5.94. The van der Waals surface area contributed by atoms with Crippen LogP contribution in [0, 0.1) is 12.3 Å². The minimum Gasteiger partial charge on any atom is -0.489 e. The fourth-order valence-electron chi connectivity index (χ4n) is 4.10. The third-order valence-electron chi connectivity index (χ3n) is 6.82. The summed E-state index contributed by atoms with van der Waals surface area (Å²) < 4.78 is 5.88. The van der Waals surface area contributed by atoms with E-state index in [0.29, 0.717) is 24.3 Å². The molecule has 2 aromatic rings. The summed E-state index contributed by atoms with van der Waals surface area (Å²) in [5.41, 5.74) is 4.32. The molecule has 8 heteroatoms. The van der Waals surface area contributed by atoms with E-state index < -0.39 is 12.0 Å². The van der Waals surface area contributed by atoms with Crippen LogP contribution in [0.15, 0.2) is 36.4 Å². The summed E-state index contributed by atoms with van der Waals surface area (Å²) in [6.07, 6.45) is 1.65. The highest BCUT2D eigenvalue weighted by atomic mass is 16.5. The van der Waals surface area contributed by atoms with E-state index in [1.165, 1.54) is 0 Å². The molecule has 1 aromatic heterocycles. The molecule has 0 bridgehead atoms. The van der Waals surface area contributed by atoms with E-state index in [1.807, 2.05) is 64.1 Å². The van der Waals surface area contributed by atoms with Crippen molar-refractivity contribution in [2.24, 2.45) is 5.41 Å². The normalized spacial score (nSPS) is 12.7. The zero-order valence-electron chi connectivity index (χ0n) is 22.4. The van der Waals surface area contributed by atoms with Crippen molar-refractivity contribution in [1.29, 1.82) is 0 Å². The summed E-state index contributed by atoms with van der Waals surface area (Å²) in [4.78, 5) is 28.4. The van der Waals surface area contributed by atoms with E-state index in [2.05, 4.69) is 19.2 Å². The molecule has 0 aliphatic heterocycles. The fourth-order valence-corrected chi connectivity index (χ4v) is 4.10. The van der Waals surface area contributed by atoms with E-state index in [4.69, 9.17) is 14.9 Å².